The molecule has 4 nitrogen and oxygen atoms in total. The van der Waals surface area contributed by atoms with Gasteiger partial charge in [0.15, 0.2) is 6.23 Å². The van der Waals surface area contributed by atoms with Crippen molar-refractivity contribution in [1.82, 2.24) is 4.90 Å². The molecule has 1 atom stereocenters. The van der Waals surface area contributed by atoms with Crippen LogP contribution in [0.1, 0.15) is 19.3 Å². The lowest BCUT2D eigenvalue weighted by atomic mass is 10.1. The van der Waals surface area contributed by atoms with Gasteiger partial charge in [-0.15, -0.1) is 0 Å². The van der Waals surface area contributed by atoms with Crippen LogP contribution in [0.3, 0.4) is 0 Å². The molecule has 2 aliphatic heterocycles. The smallest absolute Gasteiger partial charge is 0.307 e. The molecule has 2 saturated heterocycles. The summed E-state index contributed by atoms with van der Waals surface area (Å²) in [6.45, 7) is 3.29. The van der Waals surface area contributed by atoms with E-state index < -0.39 is 0 Å². The highest BCUT2D eigenvalue weighted by atomic mass is 16.6. The van der Waals surface area contributed by atoms with Gasteiger partial charge in [0, 0.05) is 19.5 Å². The molecule has 2 fully saturated rings. The molecule has 0 aromatic heterocycles. The topological polar surface area (TPSA) is 38.8 Å². The summed E-state index contributed by atoms with van der Waals surface area (Å²) < 4.78 is 10.5. The minimum atomic E-state index is -0.0530. The SMILES string of the molecule is O=C1CCCC(N2CCOCC2)O1. The zero-order chi connectivity index (χ0) is 9.10. The van der Waals surface area contributed by atoms with Gasteiger partial charge in [0.05, 0.1) is 13.2 Å². The summed E-state index contributed by atoms with van der Waals surface area (Å²) in [5.41, 5.74) is 0. The molecule has 0 amide bonds. The maximum atomic E-state index is 11.0. The largest absolute Gasteiger partial charge is 0.446 e. The third kappa shape index (κ3) is 2.19. The summed E-state index contributed by atoms with van der Waals surface area (Å²) in [5.74, 6) is -0.0530. The van der Waals surface area contributed by atoms with Gasteiger partial charge in [0.2, 0.25) is 0 Å². The van der Waals surface area contributed by atoms with Gasteiger partial charge in [-0.1, -0.05) is 0 Å². The summed E-state index contributed by atoms with van der Waals surface area (Å²) in [6.07, 6.45) is 2.54. The van der Waals surface area contributed by atoms with Gasteiger partial charge >= 0.3 is 5.97 Å². The average Bonchev–Trinajstić information content (AvgIpc) is 2.19. The van der Waals surface area contributed by atoms with Crippen molar-refractivity contribution >= 4 is 5.97 Å². The van der Waals surface area contributed by atoms with E-state index in [4.69, 9.17) is 9.47 Å². The highest BCUT2D eigenvalue weighted by Gasteiger charge is 2.27. The van der Waals surface area contributed by atoms with Crippen molar-refractivity contribution in [3.8, 4) is 0 Å². The van der Waals surface area contributed by atoms with E-state index in [-0.39, 0.29) is 12.2 Å². The quantitative estimate of drug-likeness (QED) is 0.553. The summed E-state index contributed by atoms with van der Waals surface area (Å²) in [7, 11) is 0. The van der Waals surface area contributed by atoms with Crippen LogP contribution in [-0.4, -0.2) is 43.4 Å². The van der Waals surface area contributed by atoms with E-state index in [1.807, 2.05) is 0 Å². The Bertz CT molecular complexity index is 189. The van der Waals surface area contributed by atoms with Crippen molar-refractivity contribution in [1.29, 1.82) is 0 Å². The van der Waals surface area contributed by atoms with Crippen LogP contribution in [0.15, 0.2) is 0 Å². The summed E-state index contributed by atoms with van der Waals surface area (Å²) in [4.78, 5) is 13.2. The maximum Gasteiger partial charge on any atom is 0.307 e. The first-order valence-corrected chi connectivity index (χ1v) is 4.87. The molecule has 4 heteroatoms. The number of cyclic esters (lactones) is 1. The van der Waals surface area contributed by atoms with E-state index in [9.17, 15) is 4.79 Å². The number of hydrogen-bond donors (Lipinski definition) is 0. The maximum absolute atomic E-state index is 11.0. The molecule has 2 rings (SSSR count). The van der Waals surface area contributed by atoms with Crippen molar-refractivity contribution in [2.75, 3.05) is 26.3 Å². The van der Waals surface area contributed by atoms with Crippen molar-refractivity contribution < 1.29 is 14.3 Å². The summed E-state index contributed by atoms with van der Waals surface area (Å²) in [6, 6.07) is 0. The lowest BCUT2D eigenvalue weighted by Gasteiger charge is -2.35. The normalized spacial score (nSPS) is 31.4. The monoisotopic (exact) mass is 185 g/mol. The predicted molar refractivity (Wildman–Crippen MR) is 46.1 cm³/mol. The number of esters is 1. The molecule has 2 aliphatic rings. The standard InChI is InChI=1S/C9H15NO3/c11-9-3-1-2-8(13-9)10-4-6-12-7-5-10/h8H,1-7H2. The fourth-order valence-electron chi connectivity index (χ4n) is 1.81. The highest BCUT2D eigenvalue weighted by molar-refractivity contribution is 5.70. The van der Waals surface area contributed by atoms with Gasteiger partial charge in [-0.2, -0.15) is 0 Å². The molecule has 0 saturated carbocycles. The number of morpholine rings is 1. The molecule has 74 valence electrons. The van der Waals surface area contributed by atoms with Gasteiger partial charge in [0.1, 0.15) is 0 Å². The van der Waals surface area contributed by atoms with E-state index >= 15 is 0 Å². The second-order valence-electron chi connectivity index (χ2n) is 3.49. The van der Waals surface area contributed by atoms with Crippen LogP contribution in [0.2, 0.25) is 0 Å². The van der Waals surface area contributed by atoms with Gasteiger partial charge in [-0.3, -0.25) is 9.69 Å². The number of carbonyl (C=O) groups is 1. The van der Waals surface area contributed by atoms with Crippen molar-refractivity contribution in [2.24, 2.45) is 0 Å². The van der Waals surface area contributed by atoms with Crippen LogP contribution in [0.4, 0.5) is 0 Å². The van der Waals surface area contributed by atoms with E-state index in [2.05, 4.69) is 4.90 Å². The third-order valence-corrected chi connectivity index (χ3v) is 2.55. The molecule has 0 bridgehead atoms. The van der Waals surface area contributed by atoms with Crippen LogP contribution in [0.25, 0.3) is 0 Å². The van der Waals surface area contributed by atoms with Crippen molar-refractivity contribution in [2.45, 2.75) is 25.5 Å². The zero-order valence-electron chi connectivity index (χ0n) is 7.70. The Kier molecular flexibility index (Phi) is 2.80. The lowest BCUT2D eigenvalue weighted by molar-refractivity contribution is -0.170. The molecule has 0 N–H and O–H groups in total. The Balaban J connectivity index is 1.87. The van der Waals surface area contributed by atoms with E-state index in [1.54, 1.807) is 0 Å². The first-order valence-electron chi connectivity index (χ1n) is 4.87. The number of rotatable bonds is 1. The van der Waals surface area contributed by atoms with Gasteiger partial charge in [-0.05, 0) is 12.8 Å². The Morgan fingerprint density at radius 2 is 2.08 bits per heavy atom. The Morgan fingerprint density at radius 1 is 1.31 bits per heavy atom. The predicted octanol–water partition coefficient (Wildman–Crippen LogP) is 0.372. The molecule has 0 spiro atoms. The Morgan fingerprint density at radius 3 is 2.77 bits per heavy atom. The zero-order valence-corrected chi connectivity index (χ0v) is 7.70. The average molecular weight is 185 g/mol. The fraction of sp³-hybridized carbons (Fsp3) is 0.889. The van der Waals surface area contributed by atoms with Crippen molar-refractivity contribution in [3.05, 3.63) is 0 Å². The van der Waals surface area contributed by atoms with E-state index in [1.165, 1.54) is 0 Å². The van der Waals surface area contributed by atoms with Crippen LogP contribution in [-0.2, 0) is 14.3 Å². The summed E-state index contributed by atoms with van der Waals surface area (Å²) in [5, 5.41) is 0. The van der Waals surface area contributed by atoms with E-state index in [0.717, 1.165) is 39.1 Å². The fourth-order valence-corrected chi connectivity index (χ4v) is 1.81. The second kappa shape index (κ2) is 4.07. The Hall–Kier alpha value is -0.610. The molecule has 0 radical (unpaired) electrons. The number of nitrogens with zero attached hydrogens (tertiary/aromatic N) is 1. The molecular formula is C9H15NO3. The van der Waals surface area contributed by atoms with Crippen LogP contribution in [0, 0.1) is 0 Å². The molecule has 2 heterocycles. The molecule has 0 aromatic rings. The highest BCUT2D eigenvalue weighted by Crippen LogP contribution is 2.18. The van der Waals surface area contributed by atoms with Crippen molar-refractivity contribution in [3.63, 3.8) is 0 Å². The first kappa shape index (κ1) is 8.97. The minimum absolute atomic E-state index is 0.0187. The molecule has 0 aliphatic carbocycles. The third-order valence-electron chi connectivity index (χ3n) is 2.55. The molecular weight excluding hydrogens is 170 g/mol. The van der Waals surface area contributed by atoms with Gasteiger partial charge in [0.25, 0.3) is 0 Å². The molecule has 0 aromatic carbocycles. The lowest BCUT2D eigenvalue weighted by Crippen LogP contribution is -2.46. The number of hydrogen-bond acceptors (Lipinski definition) is 4. The van der Waals surface area contributed by atoms with Gasteiger partial charge in [-0.25, -0.2) is 0 Å². The molecule has 13 heavy (non-hydrogen) atoms. The number of ether oxygens (including phenoxy) is 2. The Labute approximate surface area is 77.8 Å². The van der Waals surface area contributed by atoms with Crippen LogP contribution < -0.4 is 0 Å². The van der Waals surface area contributed by atoms with Gasteiger partial charge < -0.3 is 9.47 Å². The van der Waals surface area contributed by atoms with Crippen LogP contribution >= 0.6 is 0 Å². The van der Waals surface area contributed by atoms with Crippen LogP contribution in [0.5, 0.6) is 0 Å². The minimum Gasteiger partial charge on any atom is -0.446 e. The second-order valence-corrected chi connectivity index (χ2v) is 3.49. The summed E-state index contributed by atoms with van der Waals surface area (Å²) >= 11 is 0. The number of carbonyl (C=O) groups excluding carboxylic acids is 1. The molecule has 1 unspecified atom stereocenters. The first-order chi connectivity index (χ1) is 6.36. The van der Waals surface area contributed by atoms with E-state index in [0.29, 0.717) is 6.42 Å².